The molecule has 251 valence electrons. The van der Waals surface area contributed by atoms with E-state index in [-0.39, 0.29) is 44.5 Å². The van der Waals surface area contributed by atoms with E-state index in [1.54, 1.807) is 42.5 Å². The molecule has 4 aromatic carbocycles. The van der Waals surface area contributed by atoms with Crippen LogP contribution < -0.4 is 10.6 Å². The number of aryl methyl sites for hydroxylation is 2. The molecule has 0 saturated carbocycles. The molecule has 13 heteroatoms. The average Bonchev–Trinajstić information content (AvgIpc) is 3.67. The number of nitrogens with zero attached hydrogens (tertiary/aromatic N) is 5. The fourth-order valence-electron chi connectivity index (χ4n) is 4.57. The Labute approximate surface area is 332 Å². The molecule has 6 rings (SSSR count). The van der Waals surface area contributed by atoms with Gasteiger partial charge in [-0.1, -0.05) is 64.8 Å². The Morgan fingerprint density at radius 1 is 0.880 bits per heavy atom. The van der Waals surface area contributed by atoms with Crippen molar-refractivity contribution in [1.29, 1.82) is 10.5 Å². The number of halogens is 2. The van der Waals surface area contributed by atoms with E-state index >= 15 is 0 Å². The molecule has 2 heterocycles. The first-order chi connectivity index (χ1) is 23.7. The Kier molecular flexibility index (Phi) is 16.0. The molecule has 6 aromatic rings. The first-order valence-corrected chi connectivity index (χ1v) is 17.3. The van der Waals surface area contributed by atoms with Crippen LogP contribution >= 0.6 is 31.9 Å². The Bertz CT molecular complexity index is 2180. The van der Waals surface area contributed by atoms with E-state index < -0.39 is 0 Å². The largest absolute Gasteiger partial charge is 0.364 e. The SMILES string of the molecule is CCCBr.CCCn1c(NC(=O)c2cccc(C#N)c2)nc2cc(C)[c-]cc21.N#Cc1cccc(C(=O)Nc2nc3ccc(Br)cc3[nH]2)c1.[Y]. The third-order valence-corrected chi connectivity index (χ3v) is 8.16. The number of carbonyl (C=O) groups excluding carboxylic acids is 2. The van der Waals surface area contributed by atoms with Crippen LogP contribution in [0.3, 0.4) is 0 Å². The van der Waals surface area contributed by atoms with Crippen LogP contribution in [-0.2, 0) is 39.3 Å². The van der Waals surface area contributed by atoms with Gasteiger partial charge >= 0.3 is 0 Å². The molecule has 0 aliphatic heterocycles. The summed E-state index contributed by atoms with van der Waals surface area (Å²) in [5.41, 5.74) is 6.12. The van der Waals surface area contributed by atoms with Crippen LogP contribution in [0.5, 0.6) is 0 Å². The Balaban J connectivity index is 0.000000242. The van der Waals surface area contributed by atoms with Gasteiger partial charge in [-0.3, -0.25) is 20.2 Å². The van der Waals surface area contributed by atoms with Crippen LogP contribution in [0, 0.1) is 35.7 Å². The van der Waals surface area contributed by atoms with Crippen molar-refractivity contribution in [2.24, 2.45) is 0 Å². The van der Waals surface area contributed by atoms with Gasteiger partial charge in [0.15, 0.2) is 5.95 Å². The Hall–Kier alpha value is -4.20. The summed E-state index contributed by atoms with van der Waals surface area (Å²) >= 11 is 6.63. The second-order valence-electron chi connectivity index (χ2n) is 10.7. The van der Waals surface area contributed by atoms with Crippen LogP contribution in [0.15, 0.2) is 83.3 Å². The first-order valence-electron chi connectivity index (χ1n) is 15.4. The van der Waals surface area contributed by atoms with Crippen molar-refractivity contribution in [3.63, 3.8) is 0 Å². The monoisotopic (exact) mass is 868 g/mol. The number of nitriles is 2. The number of amides is 2. The number of nitrogens with one attached hydrogen (secondary N) is 3. The van der Waals surface area contributed by atoms with Crippen molar-refractivity contribution >= 4 is 77.6 Å². The fraction of sp³-hybridized carbons (Fsp3) is 0.189. The zero-order chi connectivity index (χ0) is 35.3. The summed E-state index contributed by atoms with van der Waals surface area (Å²) in [6, 6.07) is 29.8. The topological polar surface area (TPSA) is 152 Å². The number of rotatable bonds is 7. The molecule has 0 spiro atoms. The third kappa shape index (κ3) is 10.9. The normalized spacial score (nSPS) is 9.98. The molecule has 0 aliphatic rings. The number of carbonyl (C=O) groups is 2. The van der Waals surface area contributed by atoms with Crippen LogP contribution in [0.2, 0.25) is 0 Å². The van der Waals surface area contributed by atoms with Crippen molar-refractivity contribution in [2.45, 2.75) is 40.2 Å². The molecule has 0 saturated heterocycles. The molecule has 2 aromatic heterocycles. The van der Waals surface area contributed by atoms with Gasteiger partial charge < -0.3 is 9.55 Å². The minimum Gasteiger partial charge on any atom is -0.364 e. The minimum atomic E-state index is -0.315. The molecule has 0 bridgehead atoms. The molecular weight excluding hydrogens is 837 g/mol. The fourth-order valence-corrected chi connectivity index (χ4v) is 4.93. The molecule has 50 heavy (non-hydrogen) atoms. The van der Waals surface area contributed by atoms with Crippen LogP contribution in [-0.4, -0.2) is 36.7 Å². The summed E-state index contributed by atoms with van der Waals surface area (Å²) in [4.78, 5) is 36.5. The number of hydrogen-bond acceptors (Lipinski definition) is 6. The van der Waals surface area contributed by atoms with E-state index in [0.29, 0.717) is 34.2 Å². The van der Waals surface area contributed by atoms with Crippen molar-refractivity contribution in [2.75, 3.05) is 16.0 Å². The van der Waals surface area contributed by atoms with Crippen LogP contribution in [0.4, 0.5) is 11.9 Å². The smallest absolute Gasteiger partial charge is 0.258 e. The number of fused-ring (bicyclic) bond motifs is 2. The molecule has 2 amide bonds. The van der Waals surface area contributed by atoms with E-state index in [4.69, 9.17) is 10.5 Å². The number of aromatic amines is 1. The van der Waals surface area contributed by atoms with Gasteiger partial charge in [-0.2, -0.15) is 28.2 Å². The van der Waals surface area contributed by atoms with Gasteiger partial charge in [-0.15, -0.1) is 6.07 Å². The molecule has 10 nitrogen and oxygen atoms in total. The van der Waals surface area contributed by atoms with E-state index in [1.165, 1.54) is 12.5 Å². The van der Waals surface area contributed by atoms with E-state index in [2.05, 4.69) is 77.4 Å². The van der Waals surface area contributed by atoms with Gasteiger partial charge in [-0.25, -0.2) is 9.97 Å². The maximum atomic E-state index is 12.5. The molecule has 0 aliphatic carbocycles. The number of aromatic nitrogens is 4. The van der Waals surface area contributed by atoms with Crippen LogP contribution in [0.25, 0.3) is 22.1 Å². The molecule has 0 fully saturated rings. The van der Waals surface area contributed by atoms with E-state index in [9.17, 15) is 9.59 Å². The van der Waals surface area contributed by atoms with Crippen molar-refractivity contribution in [3.8, 4) is 12.1 Å². The van der Waals surface area contributed by atoms with Gasteiger partial charge in [0.1, 0.15) is 0 Å². The molecule has 0 unspecified atom stereocenters. The maximum Gasteiger partial charge on any atom is 0.258 e. The minimum absolute atomic E-state index is 0. The summed E-state index contributed by atoms with van der Waals surface area (Å²) in [5, 5.41) is 24.5. The van der Waals surface area contributed by atoms with Gasteiger partial charge in [0.05, 0.1) is 34.3 Å². The maximum absolute atomic E-state index is 12.5. The standard InChI is InChI=1S/C19H17N4O.C15H9BrN4O.C3H7Br.Y/c1-3-9-23-17-8-7-13(2)10-16(17)21-19(23)22-18(24)15-6-4-5-14(11-15)12-20;16-11-4-5-12-13(7-11)19-15(18-12)20-14(21)10-3-1-2-9(6-10)8-17;1-2-3-4;/h4-6,8,10-11H,3,9H2,1-2H3,(H,21,22,24);1-7H,(H2,18,19,20,21);2-3H2,1H3;/q-1;;;. The Morgan fingerprint density at radius 2 is 1.50 bits per heavy atom. The summed E-state index contributed by atoms with van der Waals surface area (Å²) in [7, 11) is 0. The Morgan fingerprint density at radius 3 is 2.08 bits per heavy atom. The predicted molar refractivity (Wildman–Crippen MR) is 200 cm³/mol. The van der Waals surface area contributed by atoms with Gasteiger partial charge in [0, 0.05) is 60.2 Å². The number of imidazole rings is 2. The number of hydrogen-bond donors (Lipinski definition) is 3. The average molecular weight is 870 g/mol. The van der Waals surface area contributed by atoms with Crippen molar-refractivity contribution in [1.82, 2.24) is 19.5 Å². The quantitative estimate of drug-likeness (QED) is 0.108. The second-order valence-corrected chi connectivity index (χ2v) is 12.4. The summed E-state index contributed by atoms with van der Waals surface area (Å²) < 4.78 is 2.91. The van der Waals surface area contributed by atoms with Crippen molar-refractivity contribution in [3.05, 3.63) is 117 Å². The zero-order valence-electron chi connectivity index (χ0n) is 27.7. The van der Waals surface area contributed by atoms with Gasteiger partial charge in [-0.05, 0) is 78.5 Å². The van der Waals surface area contributed by atoms with Crippen molar-refractivity contribution < 1.29 is 42.3 Å². The summed E-state index contributed by atoms with van der Waals surface area (Å²) in [5.74, 6) is 0.291. The molecular formula is C37H33Br2N8O2Y-. The van der Waals surface area contributed by atoms with Gasteiger partial charge in [0.2, 0.25) is 5.95 Å². The number of alkyl halides is 1. The third-order valence-electron chi connectivity index (χ3n) is 6.87. The van der Waals surface area contributed by atoms with Crippen LogP contribution in [0.1, 0.15) is 64.1 Å². The summed E-state index contributed by atoms with van der Waals surface area (Å²) in [6.45, 7) is 6.92. The number of anilines is 2. The number of H-pyrrole nitrogens is 1. The molecule has 1 radical (unpaired) electrons. The molecule has 0 atom stereocenters. The van der Waals surface area contributed by atoms with Gasteiger partial charge in [0.25, 0.3) is 11.8 Å². The molecule has 3 N–H and O–H groups in total. The number of benzene rings is 4. The van der Waals surface area contributed by atoms with E-state index in [1.807, 2.05) is 54.0 Å². The second kappa shape index (κ2) is 19.9. The van der Waals surface area contributed by atoms with E-state index in [0.717, 1.165) is 50.4 Å². The summed E-state index contributed by atoms with van der Waals surface area (Å²) in [6.07, 6.45) is 2.16. The first kappa shape index (κ1) is 40.2. The predicted octanol–water partition coefficient (Wildman–Crippen LogP) is 8.92. The zero-order valence-corrected chi connectivity index (χ0v) is 33.7.